The molecule has 6 nitrogen and oxygen atoms in total. The minimum Gasteiger partial charge on any atom is -0.484 e. The second kappa shape index (κ2) is 8.80. The van der Waals surface area contributed by atoms with Gasteiger partial charge in [0, 0.05) is 5.02 Å². The fraction of sp³-hybridized carbons (Fsp3) is 0.105. The predicted molar refractivity (Wildman–Crippen MR) is 106 cm³/mol. The third-order valence-corrected chi connectivity index (χ3v) is 4.80. The molecule has 3 rings (SSSR count). The van der Waals surface area contributed by atoms with Crippen molar-refractivity contribution >= 4 is 52.2 Å². The summed E-state index contributed by atoms with van der Waals surface area (Å²) >= 11 is 6.38. The average Bonchev–Trinajstić information content (AvgIpc) is 2.98. The third kappa shape index (κ3) is 5.55. The van der Waals surface area contributed by atoms with Gasteiger partial charge in [-0.3, -0.25) is 19.7 Å². The maximum atomic E-state index is 13.1. The Morgan fingerprint density at radius 2 is 1.87 bits per heavy atom. The maximum absolute atomic E-state index is 13.1. The molecule has 0 saturated carbocycles. The lowest BCUT2D eigenvalue weighted by Gasteiger charge is -2.14. The van der Waals surface area contributed by atoms with Gasteiger partial charge in [-0.15, -0.1) is 0 Å². The van der Waals surface area contributed by atoms with Crippen LogP contribution in [0.5, 0.6) is 5.75 Å². The minimum atomic E-state index is -4.68. The summed E-state index contributed by atoms with van der Waals surface area (Å²) in [6.45, 7) is -0.521. The first-order valence-corrected chi connectivity index (χ1v) is 9.45. The topological polar surface area (TPSA) is 84.5 Å². The van der Waals surface area contributed by atoms with Crippen molar-refractivity contribution in [3.8, 4) is 5.75 Å². The summed E-state index contributed by atoms with van der Waals surface area (Å²) in [6, 6.07) is 9.24. The van der Waals surface area contributed by atoms with E-state index in [2.05, 4.69) is 10.6 Å². The summed E-state index contributed by atoms with van der Waals surface area (Å²) in [7, 11) is 0. The van der Waals surface area contributed by atoms with Crippen molar-refractivity contribution in [1.82, 2.24) is 5.32 Å². The summed E-state index contributed by atoms with van der Waals surface area (Å²) in [5.41, 5.74) is -0.868. The van der Waals surface area contributed by atoms with E-state index in [-0.39, 0.29) is 9.93 Å². The van der Waals surface area contributed by atoms with E-state index in [1.165, 1.54) is 24.3 Å². The number of thioether (sulfide) groups is 1. The van der Waals surface area contributed by atoms with Gasteiger partial charge in [-0.25, -0.2) is 0 Å². The number of benzene rings is 2. The molecule has 0 atom stereocenters. The molecule has 1 fully saturated rings. The molecule has 156 valence electrons. The van der Waals surface area contributed by atoms with Crippen LogP contribution >= 0.6 is 23.4 Å². The van der Waals surface area contributed by atoms with Crippen LogP contribution in [0, 0.1) is 0 Å². The lowest BCUT2D eigenvalue weighted by atomic mass is 10.1. The van der Waals surface area contributed by atoms with Crippen LogP contribution in [-0.4, -0.2) is 23.7 Å². The van der Waals surface area contributed by atoms with Gasteiger partial charge in [-0.2, -0.15) is 13.2 Å². The number of hydrogen-bond donors (Lipinski definition) is 2. The number of alkyl halides is 3. The predicted octanol–water partition coefficient (Wildman–Crippen LogP) is 4.70. The Balaban J connectivity index is 1.60. The average molecular weight is 457 g/mol. The van der Waals surface area contributed by atoms with Gasteiger partial charge in [0.15, 0.2) is 6.61 Å². The summed E-state index contributed by atoms with van der Waals surface area (Å²) in [5, 5.41) is 3.73. The second-order valence-corrected chi connectivity index (χ2v) is 7.40. The van der Waals surface area contributed by atoms with E-state index in [0.717, 1.165) is 23.9 Å². The molecule has 2 aromatic carbocycles. The molecular weight excluding hydrogens is 445 g/mol. The fourth-order valence-corrected chi connectivity index (χ4v) is 3.28. The van der Waals surface area contributed by atoms with Gasteiger partial charge >= 0.3 is 6.18 Å². The van der Waals surface area contributed by atoms with Gasteiger partial charge in [0.1, 0.15) is 5.75 Å². The molecule has 30 heavy (non-hydrogen) atoms. The molecule has 11 heteroatoms. The Bertz CT molecular complexity index is 1040. The molecule has 2 aromatic rings. The van der Waals surface area contributed by atoms with Crippen molar-refractivity contribution in [1.29, 1.82) is 0 Å². The maximum Gasteiger partial charge on any atom is 0.418 e. The van der Waals surface area contributed by atoms with Crippen LogP contribution in [0.2, 0.25) is 5.02 Å². The smallest absolute Gasteiger partial charge is 0.418 e. The standard InChI is InChI=1S/C19H12ClF3N2O4S/c20-11-3-6-14(13(8-11)19(21,22)23)24-16(26)9-29-12-4-1-10(2-5-12)7-15-17(27)25-18(28)30-15/h1-8H,9H2,(H,24,26)(H,25,27,28)/b15-7-. The van der Waals surface area contributed by atoms with E-state index in [1.54, 1.807) is 12.1 Å². The van der Waals surface area contributed by atoms with Gasteiger partial charge in [0.05, 0.1) is 16.2 Å². The zero-order valence-corrected chi connectivity index (χ0v) is 16.5. The highest BCUT2D eigenvalue weighted by Crippen LogP contribution is 2.36. The van der Waals surface area contributed by atoms with Crippen molar-refractivity contribution in [3.05, 3.63) is 63.5 Å². The Morgan fingerprint density at radius 3 is 2.47 bits per heavy atom. The Hall–Kier alpha value is -2.98. The van der Waals surface area contributed by atoms with Gasteiger partial charge in [-0.05, 0) is 53.7 Å². The molecule has 1 heterocycles. The lowest BCUT2D eigenvalue weighted by Crippen LogP contribution is -2.22. The van der Waals surface area contributed by atoms with Crippen LogP contribution in [0.15, 0.2) is 47.4 Å². The van der Waals surface area contributed by atoms with Crippen molar-refractivity contribution in [3.63, 3.8) is 0 Å². The molecule has 0 spiro atoms. The second-order valence-electron chi connectivity index (χ2n) is 5.95. The Kier molecular flexibility index (Phi) is 6.37. The molecule has 0 unspecified atom stereocenters. The highest BCUT2D eigenvalue weighted by Gasteiger charge is 2.34. The van der Waals surface area contributed by atoms with Gasteiger partial charge in [0.2, 0.25) is 0 Å². The first kappa shape index (κ1) is 21.7. The van der Waals surface area contributed by atoms with Crippen LogP contribution in [0.1, 0.15) is 11.1 Å². The number of halogens is 4. The minimum absolute atomic E-state index is 0.107. The molecule has 0 radical (unpaired) electrons. The number of nitrogens with one attached hydrogen (secondary N) is 2. The Morgan fingerprint density at radius 1 is 1.17 bits per heavy atom. The number of hydrogen-bond acceptors (Lipinski definition) is 5. The van der Waals surface area contributed by atoms with E-state index < -0.39 is 41.1 Å². The van der Waals surface area contributed by atoms with Gasteiger partial charge in [-0.1, -0.05) is 23.7 Å². The van der Waals surface area contributed by atoms with E-state index in [4.69, 9.17) is 16.3 Å². The molecule has 1 aliphatic rings. The zero-order valence-electron chi connectivity index (χ0n) is 14.9. The molecule has 0 aliphatic carbocycles. The van der Waals surface area contributed by atoms with E-state index in [0.29, 0.717) is 11.3 Å². The van der Waals surface area contributed by atoms with Crippen LogP contribution in [0.25, 0.3) is 6.08 Å². The third-order valence-electron chi connectivity index (χ3n) is 3.75. The van der Waals surface area contributed by atoms with Crippen molar-refractivity contribution < 1.29 is 32.3 Å². The van der Waals surface area contributed by atoms with Crippen LogP contribution in [-0.2, 0) is 15.8 Å². The Labute approximate surface area is 177 Å². The highest BCUT2D eigenvalue weighted by atomic mass is 35.5. The number of imide groups is 1. The normalized spacial score (nSPS) is 15.3. The largest absolute Gasteiger partial charge is 0.484 e. The summed E-state index contributed by atoms with van der Waals surface area (Å²) in [4.78, 5) is 34.9. The SMILES string of the molecule is O=C(COc1ccc(/C=C2\SC(=O)NC2=O)cc1)Nc1ccc(Cl)cc1C(F)(F)F. The van der Waals surface area contributed by atoms with Crippen molar-refractivity contribution in [2.75, 3.05) is 11.9 Å². The van der Waals surface area contributed by atoms with E-state index in [1.807, 2.05) is 0 Å². The van der Waals surface area contributed by atoms with Gasteiger partial charge in [0.25, 0.3) is 17.1 Å². The molecule has 2 N–H and O–H groups in total. The molecule has 1 saturated heterocycles. The number of amides is 3. The number of ether oxygens (including phenoxy) is 1. The van der Waals surface area contributed by atoms with E-state index in [9.17, 15) is 27.6 Å². The molecule has 1 aliphatic heterocycles. The molecule has 3 amide bonds. The monoisotopic (exact) mass is 456 g/mol. The number of rotatable bonds is 5. The quantitative estimate of drug-likeness (QED) is 0.637. The fourth-order valence-electron chi connectivity index (χ4n) is 2.43. The zero-order chi connectivity index (χ0) is 21.9. The van der Waals surface area contributed by atoms with Crippen molar-refractivity contribution in [2.45, 2.75) is 6.18 Å². The van der Waals surface area contributed by atoms with Crippen LogP contribution in [0.4, 0.5) is 23.7 Å². The summed E-state index contributed by atoms with van der Waals surface area (Å²) < 4.78 is 44.5. The molecule has 0 aromatic heterocycles. The first-order chi connectivity index (χ1) is 14.1. The van der Waals surface area contributed by atoms with E-state index >= 15 is 0 Å². The van der Waals surface area contributed by atoms with Crippen LogP contribution in [0.3, 0.4) is 0 Å². The number of carbonyl (C=O) groups excluding carboxylic acids is 3. The first-order valence-electron chi connectivity index (χ1n) is 8.26. The molecule has 0 bridgehead atoms. The lowest BCUT2D eigenvalue weighted by molar-refractivity contribution is -0.137. The number of carbonyl (C=O) groups is 3. The van der Waals surface area contributed by atoms with Crippen LogP contribution < -0.4 is 15.4 Å². The summed E-state index contributed by atoms with van der Waals surface area (Å²) in [6.07, 6.45) is -3.17. The van der Waals surface area contributed by atoms with Crippen molar-refractivity contribution in [2.24, 2.45) is 0 Å². The number of anilines is 1. The highest BCUT2D eigenvalue weighted by molar-refractivity contribution is 8.18. The molecular formula is C19H12ClF3N2O4S. The summed E-state index contributed by atoms with van der Waals surface area (Å²) in [5.74, 6) is -0.979. The van der Waals surface area contributed by atoms with Gasteiger partial charge < -0.3 is 10.1 Å².